The molecule has 2 nitrogen and oxygen atoms in total. The number of rotatable bonds is 0. The van der Waals surface area contributed by atoms with E-state index < -0.39 is 0 Å². The molecule has 4 heteroatoms. The van der Waals surface area contributed by atoms with E-state index in [0.29, 0.717) is 19.7 Å². The van der Waals surface area contributed by atoms with Crippen molar-refractivity contribution in [2.45, 2.75) is 25.7 Å². The topological polar surface area (TPSA) is 25.8 Å². The standard InChI is InChI=1S/C10H9ClN2Se/c11-9-8-6-3-1-2-4-7(6)14-10(8)13-5-12-9/h5H,1-4H2. The van der Waals surface area contributed by atoms with Gasteiger partial charge in [-0.1, -0.05) is 0 Å². The molecule has 0 radical (unpaired) electrons. The number of hydrogen-bond acceptors (Lipinski definition) is 2. The van der Waals surface area contributed by atoms with Gasteiger partial charge in [-0.3, -0.25) is 0 Å². The van der Waals surface area contributed by atoms with Gasteiger partial charge in [0.1, 0.15) is 0 Å². The van der Waals surface area contributed by atoms with Crippen molar-refractivity contribution in [2.24, 2.45) is 0 Å². The molecule has 0 aliphatic heterocycles. The van der Waals surface area contributed by atoms with Crippen LogP contribution in [0.3, 0.4) is 0 Å². The summed E-state index contributed by atoms with van der Waals surface area (Å²) in [6.45, 7) is 0. The van der Waals surface area contributed by atoms with E-state index in [9.17, 15) is 0 Å². The summed E-state index contributed by atoms with van der Waals surface area (Å²) in [5.74, 6) is 0. The van der Waals surface area contributed by atoms with Crippen LogP contribution in [0, 0.1) is 0 Å². The van der Waals surface area contributed by atoms with Crippen molar-refractivity contribution < 1.29 is 0 Å². The second-order valence-electron chi connectivity index (χ2n) is 3.56. The molecule has 0 spiro atoms. The Balaban J connectivity index is 2.38. The van der Waals surface area contributed by atoms with Gasteiger partial charge in [0.15, 0.2) is 0 Å². The molecule has 2 aromatic rings. The molecule has 0 bridgehead atoms. The van der Waals surface area contributed by atoms with Crippen molar-refractivity contribution in [3.8, 4) is 0 Å². The van der Waals surface area contributed by atoms with Crippen LogP contribution in [0.25, 0.3) is 9.78 Å². The van der Waals surface area contributed by atoms with Crippen LogP contribution in [0.2, 0.25) is 5.15 Å². The summed E-state index contributed by atoms with van der Waals surface area (Å²) in [5, 5.41) is 1.83. The Kier molecular flexibility index (Phi) is 2.12. The maximum atomic E-state index is 6.11. The number of aromatic nitrogens is 2. The van der Waals surface area contributed by atoms with Gasteiger partial charge in [-0.15, -0.1) is 0 Å². The summed E-state index contributed by atoms with van der Waals surface area (Å²) in [4.78, 5) is 8.41. The molecule has 0 saturated carbocycles. The molecule has 0 saturated heterocycles. The van der Waals surface area contributed by atoms with Gasteiger partial charge >= 0.3 is 93.0 Å². The maximum absolute atomic E-state index is 6.11. The summed E-state index contributed by atoms with van der Waals surface area (Å²) in [6, 6.07) is 0. The fourth-order valence-corrected chi connectivity index (χ4v) is 5.00. The van der Waals surface area contributed by atoms with Crippen molar-refractivity contribution in [1.82, 2.24) is 9.97 Å². The summed E-state index contributed by atoms with van der Waals surface area (Å²) < 4.78 is 2.81. The molecule has 0 N–H and O–H groups in total. The van der Waals surface area contributed by atoms with E-state index in [0.717, 1.165) is 0 Å². The quantitative estimate of drug-likeness (QED) is 0.542. The first-order valence-electron chi connectivity index (χ1n) is 4.77. The Morgan fingerprint density at radius 2 is 2.07 bits per heavy atom. The van der Waals surface area contributed by atoms with Gasteiger partial charge < -0.3 is 0 Å². The summed E-state index contributed by atoms with van der Waals surface area (Å²) >= 11 is 6.54. The van der Waals surface area contributed by atoms with Crippen LogP contribution < -0.4 is 0 Å². The number of aryl methyl sites for hydroxylation is 2. The Morgan fingerprint density at radius 1 is 1.21 bits per heavy atom. The average molecular weight is 272 g/mol. The van der Waals surface area contributed by atoms with Gasteiger partial charge in [-0.05, 0) is 0 Å². The molecular weight excluding hydrogens is 263 g/mol. The summed E-state index contributed by atoms with van der Waals surface area (Å²) in [5.41, 5.74) is 1.47. The van der Waals surface area contributed by atoms with Crippen LogP contribution >= 0.6 is 11.6 Å². The zero-order chi connectivity index (χ0) is 9.54. The van der Waals surface area contributed by atoms with Gasteiger partial charge in [0.05, 0.1) is 0 Å². The molecular formula is C10H9ClN2Se. The van der Waals surface area contributed by atoms with Crippen molar-refractivity contribution in [1.29, 1.82) is 0 Å². The molecule has 0 fully saturated rings. The SMILES string of the molecule is Clc1ncnc2[se]c3c(c12)CCCC3. The van der Waals surface area contributed by atoms with E-state index in [1.54, 1.807) is 10.8 Å². The zero-order valence-corrected chi connectivity index (χ0v) is 10.1. The second kappa shape index (κ2) is 3.34. The molecule has 2 heterocycles. The van der Waals surface area contributed by atoms with Gasteiger partial charge in [-0.25, -0.2) is 0 Å². The fourth-order valence-electron chi connectivity index (χ4n) is 2.05. The molecule has 0 unspecified atom stereocenters. The first kappa shape index (κ1) is 8.90. The third-order valence-corrected chi connectivity index (χ3v) is 5.51. The molecule has 14 heavy (non-hydrogen) atoms. The van der Waals surface area contributed by atoms with Crippen LogP contribution in [0.5, 0.6) is 0 Å². The Morgan fingerprint density at radius 3 is 3.00 bits per heavy atom. The Bertz CT molecular complexity index is 492. The first-order valence-corrected chi connectivity index (χ1v) is 6.86. The predicted octanol–water partition coefficient (Wildman–Crippen LogP) is 2.22. The van der Waals surface area contributed by atoms with Crippen molar-refractivity contribution in [3.63, 3.8) is 0 Å². The van der Waals surface area contributed by atoms with Gasteiger partial charge in [-0.2, -0.15) is 0 Å². The Labute approximate surface area is 93.1 Å². The molecule has 1 aliphatic carbocycles. The summed E-state index contributed by atoms with van der Waals surface area (Å²) in [7, 11) is 0. The number of nitrogens with zero attached hydrogens (tertiary/aromatic N) is 2. The van der Waals surface area contributed by atoms with E-state index in [1.165, 1.54) is 41.0 Å². The van der Waals surface area contributed by atoms with Crippen molar-refractivity contribution in [3.05, 3.63) is 21.5 Å². The molecule has 2 aromatic heterocycles. The van der Waals surface area contributed by atoms with Crippen molar-refractivity contribution >= 4 is 35.9 Å². The van der Waals surface area contributed by atoms with Gasteiger partial charge in [0.25, 0.3) is 0 Å². The first-order chi connectivity index (χ1) is 6.86. The third kappa shape index (κ3) is 1.23. The normalized spacial score (nSPS) is 15.8. The van der Waals surface area contributed by atoms with Gasteiger partial charge in [0, 0.05) is 0 Å². The van der Waals surface area contributed by atoms with E-state index >= 15 is 0 Å². The number of hydrogen-bond donors (Lipinski definition) is 0. The van der Waals surface area contributed by atoms with E-state index in [4.69, 9.17) is 11.6 Å². The van der Waals surface area contributed by atoms with Crippen LogP contribution in [0.15, 0.2) is 6.33 Å². The zero-order valence-electron chi connectivity index (χ0n) is 7.59. The van der Waals surface area contributed by atoms with Crippen LogP contribution in [0.4, 0.5) is 0 Å². The fraction of sp³-hybridized carbons (Fsp3) is 0.400. The van der Waals surface area contributed by atoms with Crippen LogP contribution in [-0.2, 0) is 12.8 Å². The molecule has 72 valence electrons. The van der Waals surface area contributed by atoms with E-state index in [-0.39, 0.29) is 0 Å². The predicted molar refractivity (Wildman–Crippen MR) is 58.1 cm³/mol. The molecule has 0 atom stereocenters. The van der Waals surface area contributed by atoms with Crippen LogP contribution in [0.1, 0.15) is 22.8 Å². The van der Waals surface area contributed by atoms with Gasteiger partial charge in [0.2, 0.25) is 0 Å². The van der Waals surface area contributed by atoms with Crippen LogP contribution in [-0.4, -0.2) is 24.5 Å². The third-order valence-electron chi connectivity index (χ3n) is 2.71. The second-order valence-corrected chi connectivity index (χ2v) is 6.19. The average Bonchev–Trinajstić information content (AvgIpc) is 2.57. The van der Waals surface area contributed by atoms with E-state index in [1.807, 2.05) is 0 Å². The molecule has 1 aliphatic rings. The molecule has 0 aromatic carbocycles. The minimum atomic E-state index is 0.428. The molecule has 3 rings (SSSR count). The minimum absolute atomic E-state index is 0.428. The van der Waals surface area contributed by atoms with Crippen molar-refractivity contribution in [2.75, 3.05) is 0 Å². The number of halogens is 1. The van der Waals surface area contributed by atoms with E-state index in [2.05, 4.69) is 9.97 Å². The molecule has 0 amide bonds. The number of fused-ring (bicyclic) bond motifs is 3. The Hall–Kier alpha value is -0.371. The summed E-state index contributed by atoms with van der Waals surface area (Å²) in [6.07, 6.45) is 6.64. The monoisotopic (exact) mass is 272 g/mol.